The van der Waals surface area contributed by atoms with Crippen LogP contribution in [0.2, 0.25) is 0 Å². The molecule has 0 aromatic heterocycles. The maximum absolute atomic E-state index is 12.1. The van der Waals surface area contributed by atoms with Crippen LogP contribution >= 0.6 is 0 Å². The van der Waals surface area contributed by atoms with Gasteiger partial charge in [0.1, 0.15) is 5.75 Å². The van der Waals surface area contributed by atoms with Crippen molar-refractivity contribution >= 4 is 5.91 Å². The number of hydrogen-bond donors (Lipinski definition) is 2. The van der Waals surface area contributed by atoms with E-state index in [0.29, 0.717) is 12.8 Å². The number of amides is 1. The Labute approximate surface area is 120 Å². The molecule has 0 aliphatic heterocycles. The van der Waals surface area contributed by atoms with Crippen LogP contribution < -0.4 is 10.1 Å². The van der Waals surface area contributed by atoms with Gasteiger partial charge in [0, 0.05) is 17.0 Å². The highest BCUT2D eigenvalue weighted by Gasteiger charge is 2.47. The van der Waals surface area contributed by atoms with Crippen LogP contribution in [0.3, 0.4) is 0 Å². The van der Waals surface area contributed by atoms with Crippen LogP contribution in [0.15, 0.2) is 18.2 Å². The number of hydrogen-bond acceptors (Lipinski definition) is 3. The zero-order valence-corrected chi connectivity index (χ0v) is 12.6. The fourth-order valence-electron chi connectivity index (χ4n) is 2.61. The molecular weight excluding hydrogens is 254 g/mol. The monoisotopic (exact) mass is 277 g/mol. The number of methoxy groups -OCH3 is 1. The number of carbonyl (C=O) groups is 1. The first-order chi connectivity index (χ1) is 9.34. The number of aliphatic hydroxyl groups excluding tert-OH is 1. The van der Waals surface area contributed by atoms with Gasteiger partial charge >= 0.3 is 0 Å². The molecule has 1 amide bonds. The molecule has 2 unspecified atom stereocenters. The molecule has 1 aliphatic rings. The minimum Gasteiger partial charge on any atom is -0.496 e. The summed E-state index contributed by atoms with van der Waals surface area (Å²) in [5.41, 5.74) is 1.75. The molecule has 0 bridgehead atoms. The number of aryl methyl sites for hydroxylation is 1. The lowest BCUT2D eigenvalue weighted by atomic mass is 9.64. The minimum atomic E-state index is -0.332. The summed E-state index contributed by atoms with van der Waals surface area (Å²) in [5, 5.41) is 12.7. The van der Waals surface area contributed by atoms with Crippen molar-refractivity contribution in [2.45, 2.75) is 45.8 Å². The Bertz CT molecular complexity index is 510. The second-order valence-corrected chi connectivity index (χ2v) is 6.19. The molecule has 2 atom stereocenters. The van der Waals surface area contributed by atoms with E-state index in [0.717, 1.165) is 16.9 Å². The van der Waals surface area contributed by atoms with Crippen LogP contribution in [0.1, 0.15) is 31.4 Å². The molecule has 20 heavy (non-hydrogen) atoms. The maximum atomic E-state index is 12.1. The zero-order valence-electron chi connectivity index (χ0n) is 12.6. The number of carbonyl (C=O) groups excluding carboxylic acids is 1. The van der Waals surface area contributed by atoms with Gasteiger partial charge in [-0.2, -0.15) is 0 Å². The third-order valence-electron chi connectivity index (χ3n) is 4.34. The number of benzene rings is 1. The van der Waals surface area contributed by atoms with Crippen LogP contribution in [-0.2, 0) is 11.2 Å². The second kappa shape index (κ2) is 5.44. The van der Waals surface area contributed by atoms with Crippen molar-refractivity contribution < 1.29 is 14.6 Å². The van der Waals surface area contributed by atoms with Crippen molar-refractivity contribution in [1.82, 2.24) is 5.32 Å². The molecule has 4 nitrogen and oxygen atoms in total. The summed E-state index contributed by atoms with van der Waals surface area (Å²) >= 11 is 0. The van der Waals surface area contributed by atoms with E-state index < -0.39 is 0 Å². The van der Waals surface area contributed by atoms with Gasteiger partial charge in [-0.25, -0.2) is 0 Å². The average molecular weight is 277 g/mol. The molecule has 1 saturated carbocycles. The molecule has 4 heteroatoms. The van der Waals surface area contributed by atoms with Gasteiger partial charge in [0.25, 0.3) is 0 Å². The van der Waals surface area contributed by atoms with Gasteiger partial charge in [0.05, 0.1) is 19.6 Å². The summed E-state index contributed by atoms with van der Waals surface area (Å²) in [4.78, 5) is 12.1. The normalized spacial score (nSPS) is 23.9. The van der Waals surface area contributed by atoms with Gasteiger partial charge in [0.15, 0.2) is 0 Å². The Morgan fingerprint density at radius 3 is 2.75 bits per heavy atom. The standard InChI is InChI=1S/C16H23NO3/c1-10-5-6-12(20-4)11(7-10)8-15(19)17-13-9-14(18)16(13,2)3/h5-7,13-14,18H,8-9H2,1-4H3,(H,17,19). The highest BCUT2D eigenvalue weighted by atomic mass is 16.5. The quantitative estimate of drug-likeness (QED) is 0.882. The lowest BCUT2D eigenvalue weighted by Gasteiger charge is -2.49. The molecule has 1 fully saturated rings. The zero-order chi connectivity index (χ0) is 14.9. The lowest BCUT2D eigenvalue weighted by molar-refractivity contribution is -0.128. The van der Waals surface area contributed by atoms with Crippen LogP contribution in [0.25, 0.3) is 0 Å². The summed E-state index contributed by atoms with van der Waals surface area (Å²) in [5.74, 6) is 0.706. The number of rotatable bonds is 4. The van der Waals surface area contributed by atoms with Gasteiger partial charge in [-0.15, -0.1) is 0 Å². The van der Waals surface area contributed by atoms with E-state index in [1.807, 2.05) is 39.0 Å². The third-order valence-corrected chi connectivity index (χ3v) is 4.34. The van der Waals surface area contributed by atoms with Crippen LogP contribution in [-0.4, -0.2) is 30.3 Å². The Hall–Kier alpha value is -1.55. The van der Waals surface area contributed by atoms with E-state index in [-0.39, 0.29) is 23.5 Å². The number of nitrogens with one attached hydrogen (secondary N) is 1. The fourth-order valence-corrected chi connectivity index (χ4v) is 2.61. The van der Waals surface area contributed by atoms with Gasteiger partial charge in [-0.3, -0.25) is 4.79 Å². The van der Waals surface area contributed by atoms with Crippen LogP contribution in [0.5, 0.6) is 5.75 Å². The topological polar surface area (TPSA) is 58.6 Å². The van der Waals surface area contributed by atoms with Gasteiger partial charge in [0.2, 0.25) is 5.91 Å². The van der Waals surface area contributed by atoms with Crippen LogP contribution in [0.4, 0.5) is 0 Å². The first kappa shape index (κ1) is 14.9. The Morgan fingerprint density at radius 1 is 1.50 bits per heavy atom. The first-order valence-corrected chi connectivity index (χ1v) is 6.95. The van der Waals surface area contributed by atoms with E-state index >= 15 is 0 Å². The molecule has 0 spiro atoms. The Kier molecular flexibility index (Phi) is 4.04. The predicted octanol–water partition coefficient (Wildman–Crippen LogP) is 1.82. The molecule has 1 aromatic rings. The van der Waals surface area contributed by atoms with Crippen molar-refractivity contribution in [2.24, 2.45) is 5.41 Å². The van der Waals surface area contributed by atoms with E-state index in [9.17, 15) is 9.90 Å². The molecule has 1 aliphatic carbocycles. The maximum Gasteiger partial charge on any atom is 0.224 e. The molecule has 2 N–H and O–H groups in total. The smallest absolute Gasteiger partial charge is 0.224 e. The highest BCUT2D eigenvalue weighted by molar-refractivity contribution is 5.80. The predicted molar refractivity (Wildman–Crippen MR) is 77.8 cm³/mol. The summed E-state index contributed by atoms with van der Waals surface area (Å²) in [6.45, 7) is 5.94. The SMILES string of the molecule is COc1ccc(C)cc1CC(=O)NC1CC(O)C1(C)C. The van der Waals surface area contributed by atoms with Crippen molar-refractivity contribution in [3.63, 3.8) is 0 Å². The summed E-state index contributed by atoms with van der Waals surface area (Å²) in [6.07, 6.45) is 0.596. The van der Waals surface area contributed by atoms with Crippen LogP contribution in [0, 0.1) is 12.3 Å². The van der Waals surface area contributed by atoms with Crippen molar-refractivity contribution in [3.05, 3.63) is 29.3 Å². The fraction of sp³-hybridized carbons (Fsp3) is 0.562. The Morgan fingerprint density at radius 2 is 2.20 bits per heavy atom. The van der Waals surface area contributed by atoms with Gasteiger partial charge < -0.3 is 15.2 Å². The van der Waals surface area contributed by atoms with Gasteiger partial charge in [-0.05, 0) is 19.4 Å². The summed E-state index contributed by atoms with van der Waals surface area (Å²) in [6, 6.07) is 5.86. The number of aliphatic hydroxyl groups is 1. The Balaban J connectivity index is 2.00. The van der Waals surface area contributed by atoms with Crippen molar-refractivity contribution in [2.75, 3.05) is 7.11 Å². The van der Waals surface area contributed by atoms with E-state index in [1.54, 1.807) is 7.11 Å². The van der Waals surface area contributed by atoms with Gasteiger partial charge in [-0.1, -0.05) is 31.5 Å². The number of ether oxygens (including phenoxy) is 1. The molecular formula is C16H23NO3. The van der Waals surface area contributed by atoms with E-state index in [1.165, 1.54) is 0 Å². The summed E-state index contributed by atoms with van der Waals surface area (Å²) < 4.78 is 5.28. The molecule has 1 aromatic carbocycles. The highest BCUT2D eigenvalue weighted by Crippen LogP contribution is 2.40. The van der Waals surface area contributed by atoms with Crippen molar-refractivity contribution in [3.8, 4) is 5.75 Å². The molecule has 2 rings (SSSR count). The molecule has 110 valence electrons. The second-order valence-electron chi connectivity index (χ2n) is 6.19. The molecule has 0 radical (unpaired) electrons. The third kappa shape index (κ3) is 2.80. The molecule has 0 heterocycles. The lowest BCUT2D eigenvalue weighted by Crippen LogP contribution is -2.61. The van der Waals surface area contributed by atoms with E-state index in [2.05, 4.69) is 5.32 Å². The van der Waals surface area contributed by atoms with E-state index in [4.69, 9.17) is 4.74 Å². The average Bonchev–Trinajstić information content (AvgIpc) is 2.38. The largest absolute Gasteiger partial charge is 0.496 e. The summed E-state index contributed by atoms with van der Waals surface area (Å²) in [7, 11) is 1.61. The van der Waals surface area contributed by atoms with Crippen molar-refractivity contribution in [1.29, 1.82) is 0 Å². The molecule has 0 saturated heterocycles. The minimum absolute atomic E-state index is 0.0288. The first-order valence-electron chi connectivity index (χ1n) is 6.95.